The lowest BCUT2D eigenvalue weighted by Crippen LogP contribution is -2.59. The zero-order valence-electron chi connectivity index (χ0n) is 19.6. The van der Waals surface area contributed by atoms with Crippen LogP contribution < -0.4 is 21.7 Å². The van der Waals surface area contributed by atoms with Gasteiger partial charge in [0, 0.05) is 24.7 Å². The van der Waals surface area contributed by atoms with E-state index < -0.39 is 54.5 Å². The lowest BCUT2D eigenvalue weighted by Gasteiger charge is -2.25. The third-order valence-electron chi connectivity index (χ3n) is 5.35. The van der Waals surface area contributed by atoms with E-state index in [9.17, 15) is 29.4 Å². The third-order valence-corrected chi connectivity index (χ3v) is 5.35. The number of aliphatic carboxylic acids is 1. The van der Waals surface area contributed by atoms with Gasteiger partial charge in [0.05, 0.1) is 19.0 Å². The first kappa shape index (κ1) is 27.5. The highest BCUT2D eigenvalue weighted by Gasteiger charge is 2.30. The van der Waals surface area contributed by atoms with Gasteiger partial charge in [0.15, 0.2) is 0 Å². The summed E-state index contributed by atoms with van der Waals surface area (Å²) in [4.78, 5) is 56.4. The first-order valence-corrected chi connectivity index (χ1v) is 11.1. The minimum Gasteiger partial charge on any atom is -0.480 e. The van der Waals surface area contributed by atoms with Crippen LogP contribution in [-0.2, 0) is 32.0 Å². The Bertz CT molecular complexity index is 982. The van der Waals surface area contributed by atoms with Crippen LogP contribution in [-0.4, -0.2) is 74.6 Å². The molecule has 3 amide bonds. The molecule has 0 aliphatic heterocycles. The maximum Gasteiger partial charge on any atom is 0.326 e. The zero-order valence-corrected chi connectivity index (χ0v) is 19.6. The number of rotatable bonds is 13. The van der Waals surface area contributed by atoms with Crippen LogP contribution in [0.3, 0.4) is 0 Å². The average Bonchev–Trinajstić information content (AvgIpc) is 3.34. The zero-order chi connectivity index (χ0) is 26.0. The fourth-order valence-corrected chi connectivity index (χ4v) is 3.18. The van der Waals surface area contributed by atoms with Gasteiger partial charge in [0.1, 0.15) is 18.1 Å². The molecule has 0 aliphatic rings. The van der Waals surface area contributed by atoms with Crippen LogP contribution in [0.15, 0.2) is 42.9 Å². The Balaban J connectivity index is 2.12. The first-order valence-electron chi connectivity index (χ1n) is 11.1. The molecule has 0 saturated heterocycles. The summed E-state index contributed by atoms with van der Waals surface area (Å²) in [6.45, 7) is 2.75. The molecule has 0 radical (unpaired) electrons. The molecule has 190 valence electrons. The van der Waals surface area contributed by atoms with Gasteiger partial charge in [0.2, 0.25) is 17.7 Å². The van der Waals surface area contributed by atoms with E-state index in [1.165, 1.54) is 12.5 Å². The van der Waals surface area contributed by atoms with Crippen molar-refractivity contribution in [3.05, 3.63) is 54.1 Å². The maximum absolute atomic E-state index is 13.0. The van der Waals surface area contributed by atoms with Gasteiger partial charge in [-0.1, -0.05) is 44.2 Å². The number of carbonyl (C=O) groups excluding carboxylic acids is 3. The van der Waals surface area contributed by atoms with Crippen molar-refractivity contribution in [3.8, 4) is 0 Å². The Morgan fingerprint density at radius 2 is 1.54 bits per heavy atom. The molecule has 0 fully saturated rings. The number of hydrogen-bond donors (Lipinski definition) is 7. The number of amides is 3. The lowest BCUT2D eigenvalue weighted by atomic mass is 10.0. The second kappa shape index (κ2) is 13.2. The number of nitrogens with two attached hydrogens (primary N) is 1. The molecule has 0 saturated carbocycles. The predicted octanol–water partition coefficient (Wildman–Crippen LogP) is -1.29. The quantitative estimate of drug-likeness (QED) is 0.180. The molecule has 0 bridgehead atoms. The SMILES string of the molecule is CC(C)C(N)C(=O)NC(Cc1ccccc1)C(=O)NC(CO)C(=O)NC(Cc1cnc[nH]1)C(=O)O. The van der Waals surface area contributed by atoms with Crippen molar-refractivity contribution in [2.75, 3.05) is 6.61 Å². The minimum atomic E-state index is -1.44. The molecule has 2 rings (SSSR count). The minimum absolute atomic E-state index is 0.0764. The topological polar surface area (TPSA) is 200 Å². The molecule has 0 aliphatic carbocycles. The first-order chi connectivity index (χ1) is 16.6. The number of hydrogen-bond acceptors (Lipinski definition) is 7. The smallest absolute Gasteiger partial charge is 0.326 e. The lowest BCUT2D eigenvalue weighted by molar-refractivity contribution is -0.142. The Hall–Kier alpha value is -3.77. The number of carboxylic acids is 1. The molecule has 12 heteroatoms. The van der Waals surface area contributed by atoms with Crippen molar-refractivity contribution >= 4 is 23.7 Å². The van der Waals surface area contributed by atoms with Gasteiger partial charge in [-0.2, -0.15) is 0 Å². The van der Waals surface area contributed by atoms with Crippen molar-refractivity contribution < 1.29 is 29.4 Å². The van der Waals surface area contributed by atoms with E-state index in [1.54, 1.807) is 44.2 Å². The van der Waals surface area contributed by atoms with Gasteiger partial charge in [-0.3, -0.25) is 14.4 Å². The normalized spacial score (nSPS) is 14.4. The molecule has 4 unspecified atom stereocenters. The average molecular weight is 489 g/mol. The second-order valence-electron chi connectivity index (χ2n) is 8.44. The highest BCUT2D eigenvalue weighted by atomic mass is 16.4. The van der Waals surface area contributed by atoms with E-state index in [0.717, 1.165) is 5.56 Å². The Morgan fingerprint density at radius 3 is 2.09 bits per heavy atom. The number of aromatic nitrogens is 2. The predicted molar refractivity (Wildman–Crippen MR) is 126 cm³/mol. The van der Waals surface area contributed by atoms with Crippen LogP contribution >= 0.6 is 0 Å². The molecule has 8 N–H and O–H groups in total. The number of aliphatic hydroxyl groups excluding tert-OH is 1. The number of imidazole rings is 1. The summed E-state index contributed by atoms with van der Waals surface area (Å²) in [5.41, 5.74) is 7.14. The highest BCUT2D eigenvalue weighted by molar-refractivity contribution is 5.94. The molecule has 0 spiro atoms. The van der Waals surface area contributed by atoms with Gasteiger partial charge in [0.25, 0.3) is 0 Å². The van der Waals surface area contributed by atoms with Gasteiger partial charge < -0.3 is 36.9 Å². The van der Waals surface area contributed by atoms with Gasteiger partial charge in [-0.15, -0.1) is 0 Å². The van der Waals surface area contributed by atoms with Crippen molar-refractivity contribution in [1.82, 2.24) is 25.9 Å². The summed E-state index contributed by atoms with van der Waals surface area (Å²) in [6.07, 6.45) is 2.83. The summed E-state index contributed by atoms with van der Waals surface area (Å²) in [5.74, 6) is -3.63. The number of benzene rings is 1. The fraction of sp³-hybridized carbons (Fsp3) is 0.435. The number of H-pyrrole nitrogens is 1. The summed E-state index contributed by atoms with van der Waals surface area (Å²) in [6, 6.07) is 4.21. The van der Waals surface area contributed by atoms with Crippen molar-refractivity contribution in [2.45, 2.75) is 50.9 Å². The number of aliphatic hydroxyl groups is 1. The van der Waals surface area contributed by atoms with E-state index in [1.807, 2.05) is 0 Å². The molecule has 35 heavy (non-hydrogen) atoms. The number of nitrogens with zero attached hydrogens (tertiary/aromatic N) is 1. The summed E-state index contributed by atoms with van der Waals surface area (Å²) in [5, 5.41) is 26.5. The summed E-state index contributed by atoms with van der Waals surface area (Å²) in [7, 11) is 0. The highest BCUT2D eigenvalue weighted by Crippen LogP contribution is 2.06. The van der Waals surface area contributed by atoms with Crippen LogP contribution in [0.5, 0.6) is 0 Å². The van der Waals surface area contributed by atoms with Crippen LogP contribution in [0.25, 0.3) is 0 Å². The van der Waals surface area contributed by atoms with E-state index >= 15 is 0 Å². The Kier molecular flexibility index (Phi) is 10.4. The molecule has 1 aromatic heterocycles. The second-order valence-corrected chi connectivity index (χ2v) is 8.44. The molecular weight excluding hydrogens is 456 g/mol. The molecule has 2 aromatic rings. The van der Waals surface area contributed by atoms with Gasteiger partial charge >= 0.3 is 5.97 Å². The van der Waals surface area contributed by atoms with E-state index in [-0.39, 0.29) is 18.8 Å². The number of aromatic amines is 1. The fourth-order valence-electron chi connectivity index (χ4n) is 3.18. The van der Waals surface area contributed by atoms with E-state index in [0.29, 0.717) is 5.69 Å². The van der Waals surface area contributed by atoms with Crippen molar-refractivity contribution in [3.63, 3.8) is 0 Å². The molecule has 4 atom stereocenters. The number of nitrogens with one attached hydrogen (secondary N) is 4. The van der Waals surface area contributed by atoms with Crippen LogP contribution in [0.1, 0.15) is 25.1 Å². The van der Waals surface area contributed by atoms with Crippen LogP contribution in [0.2, 0.25) is 0 Å². The third kappa shape index (κ3) is 8.50. The summed E-state index contributed by atoms with van der Waals surface area (Å²) < 4.78 is 0. The van der Waals surface area contributed by atoms with E-state index in [4.69, 9.17) is 5.73 Å². The molecule has 12 nitrogen and oxygen atoms in total. The monoisotopic (exact) mass is 488 g/mol. The number of carbonyl (C=O) groups is 4. The van der Waals surface area contributed by atoms with Gasteiger partial charge in [-0.25, -0.2) is 9.78 Å². The molecule has 1 aromatic carbocycles. The Morgan fingerprint density at radius 1 is 0.943 bits per heavy atom. The standard InChI is InChI=1S/C23H32N6O6/c1-13(2)19(24)22(33)27-16(8-14-6-4-3-5-7-14)20(31)29-18(11-30)21(32)28-17(23(34)35)9-15-10-25-12-26-15/h3-7,10,12-13,16-19,30H,8-9,11,24H2,1-2H3,(H,25,26)(H,27,33)(H,28,32)(H,29,31)(H,34,35). The van der Waals surface area contributed by atoms with Crippen molar-refractivity contribution in [1.29, 1.82) is 0 Å². The van der Waals surface area contributed by atoms with Crippen molar-refractivity contribution in [2.24, 2.45) is 11.7 Å². The Labute approximate surface area is 202 Å². The van der Waals surface area contributed by atoms with Crippen LogP contribution in [0, 0.1) is 5.92 Å². The van der Waals surface area contributed by atoms with Crippen LogP contribution in [0.4, 0.5) is 0 Å². The molecule has 1 heterocycles. The molecular formula is C23H32N6O6. The summed E-state index contributed by atoms with van der Waals surface area (Å²) >= 11 is 0. The van der Waals surface area contributed by atoms with Gasteiger partial charge in [-0.05, 0) is 11.5 Å². The maximum atomic E-state index is 13.0. The number of carboxylic acid groups (broad SMARTS) is 1. The largest absolute Gasteiger partial charge is 0.480 e. The van der Waals surface area contributed by atoms with E-state index in [2.05, 4.69) is 25.9 Å².